The molecular weight excluding hydrogens is 458 g/mol. The van der Waals surface area contributed by atoms with E-state index in [4.69, 9.17) is 14.5 Å². The molecule has 0 saturated carbocycles. The van der Waals surface area contributed by atoms with Gasteiger partial charge in [-0.3, -0.25) is 9.48 Å². The number of hydrogen-bond acceptors (Lipinski definition) is 5. The molecule has 7 nitrogen and oxygen atoms in total. The van der Waals surface area contributed by atoms with Gasteiger partial charge in [-0.2, -0.15) is 5.10 Å². The third-order valence-electron chi connectivity index (χ3n) is 5.83. The Hall–Kier alpha value is -4.17. The first-order valence-electron chi connectivity index (χ1n) is 11.2. The second kappa shape index (κ2) is 9.23. The second-order valence-corrected chi connectivity index (χ2v) is 9.04. The summed E-state index contributed by atoms with van der Waals surface area (Å²) >= 11 is 1.44. The molecule has 5 aromatic rings. The molecule has 0 unspecified atom stereocenters. The van der Waals surface area contributed by atoms with Crippen LogP contribution in [0.2, 0.25) is 0 Å². The maximum Gasteiger partial charge on any atom is 0.297 e. The van der Waals surface area contributed by atoms with E-state index in [1.165, 1.54) is 11.3 Å². The van der Waals surface area contributed by atoms with Crippen molar-refractivity contribution in [3.05, 3.63) is 111 Å². The largest absolute Gasteiger partial charge is 0.460 e. The zero-order chi connectivity index (χ0) is 24.5. The number of para-hydroxylation sites is 1. The molecule has 0 N–H and O–H groups in total. The molecule has 0 fully saturated rings. The van der Waals surface area contributed by atoms with E-state index in [0.717, 1.165) is 28.4 Å². The summed E-state index contributed by atoms with van der Waals surface area (Å²) < 4.78 is 11.0. The summed E-state index contributed by atoms with van der Waals surface area (Å²) in [7, 11) is 1.86. The Morgan fingerprint density at radius 3 is 2.29 bits per heavy atom. The monoisotopic (exact) mass is 483 g/mol. The summed E-state index contributed by atoms with van der Waals surface area (Å²) in [6, 6.07) is 23.4. The van der Waals surface area contributed by atoms with Crippen LogP contribution in [0.15, 0.2) is 97.5 Å². The molecule has 176 valence electrons. The highest BCUT2D eigenvalue weighted by atomic mass is 32.1. The zero-order valence-corrected chi connectivity index (χ0v) is 20.8. The molecular formula is C27H25N5O2S. The standard InChI is InChI=1S/C27H25N5O2S/c1-18-15-16-24(34-18)19(2)29-31-23(21-11-7-5-8-12-21)17-35-27(31)28-25-20(3)30(4)32(26(25)33)22-13-9-6-10-14-22/h5-17H,1-4H3. The van der Waals surface area contributed by atoms with Crippen molar-refractivity contribution in [3.8, 4) is 16.9 Å². The Labute approximate surface area is 206 Å². The molecule has 8 heteroatoms. The predicted molar refractivity (Wildman–Crippen MR) is 140 cm³/mol. The average molecular weight is 484 g/mol. The first kappa shape index (κ1) is 22.6. The van der Waals surface area contributed by atoms with E-state index in [1.807, 2.05) is 111 Å². The van der Waals surface area contributed by atoms with Gasteiger partial charge in [-0.15, -0.1) is 11.3 Å². The van der Waals surface area contributed by atoms with Gasteiger partial charge in [0.2, 0.25) is 4.80 Å². The van der Waals surface area contributed by atoms with Crippen LogP contribution < -0.4 is 10.4 Å². The molecule has 0 aliphatic carbocycles. The molecule has 0 atom stereocenters. The minimum absolute atomic E-state index is 0.181. The van der Waals surface area contributed by atoms with Crippen LogP contribution >= 0.6 is 11.3 Å². The van der Waals surface area contributed by atoms with Crippen molar-refractivity contribution in [1.82, 2.24) is 14.0 Å². The van der Waals surface area contributed by atoms with Crippen LogP contribution in [0.5, 0.6) is 0 Å². The molecule has 0 aliphatic heterocycles. The van der Waals surface area contributed by atoms with E-state index in [2.05, 4.69) is 0 Å². The van der Waals surface area contributed by atoms with E-state index >= 15 is 0 Å². The molecule has 0 saturated heterocycles. The van der Waals surface area contributed by atoms with E-state index in [1.54, 1.807) is 9.36 Å². The molecule has 0 amide bonds. The van der Waals surface area contributed by atoms with Gasteiger partial charge in [0.05, 0.1) is 17.1 Å². The lowest BCUT2D eigenvalue weighted by atomic mass is 10.2. The van der Waals surface area contributed by atoms with Gasteiger partial charge in [0.15, 0.2) is 5.69 Å². The Morgan fingerprint density at radius 2 is 1.63 bits per heavy atom. The van der Waals surface area contributed by atoms with Crippen molar-refractivity contribution >= 4 is 22.7 Å². The first-order chi connectivity index (χ1) is 16.9. The van der Waals surface area contributed by atoms with E-state index < -0.39 is 0 Å². The highest BCUT2D eigenvalue weighted by molar-refractivity contribution is 7.07. The molecule has 0 bridgehead atoms. The van der Waals surface area contributed by atoms with Crippen LogP contribution in [0, 0.1) is 13.8 Å². The Balaban J connectivity index is 1.72. The number of rotatable bonds is 5. The number of aryl methyl sites for hydroxylation is 1. The number of benzene rings is 2. The highest BCUT2D eigenvalue weighted by Gasteiger charge is 2.17. The molecule has 0 radical (unpaired) electrons. The number of aromatic nitrogens is 3. The fraction of sp³-hybridized carbons (Fsp3) is 0.148. The van der Waals surface area contributed by atoms with Crippen LogP contribution in [0.25, 0.3) is 16.9 Å². The fourth-order valence-electron chi connectivity index (χ4n) is 3.89. The third kappa shape index (κ3) is 4.24. The van der Waals surface area contributed by atoms with Gasteiger partial charge in [-0.25, -0.2) is 14.4 Å². The van der Waals surface area contributed by atoms with Crippen LogP contribution in [-0.4, -0.2) is 19.8 Å². The van der Waals surface area contributed by atoms with Crippen molar-refractivity contribution in [2.75, 3.05) is 0 Å². The Morgan fingerprint density at radius 1 is 0.943 bits per heavy atom. The predicted octanol–water partition coefficient (Wildman–Crippen LogP) is 5.42. The lowest BCUT2D eigenvalue weighted by Gasteiger charge is -2.07. The lowest BCUT2D eigenvalue weighted by molar-refractivity contribution is 0.524. The third-order valence-corrected chi connectivity index (χ3v) is 6.65. The summed E-state index contributed by atoms with van der Waals surface area (Å²) in [4.78, 5) is 18.9. The molecule has 3 aromatic heterocycles. The number of nitrogens with zero attached hydrogens (tertiary/aromatic N) is 5. The maximum atomic E-state index is 13.4. The van der Waals surface area contributed by atoms with E-state index in [9.17, 15) is 4.79 Å². The average Bonchev–Trinajstić information content (AvgIpc) is 3.54. The summed E-state index contributed by atoms with van der Waals surface area (Å²) in [5.41, 5.74) is 4.35. The molecule has 2 aromatic carbocycles. The molecule has 3 heterocycles. The summed E-state index contributed by atoms with van der Waals surface area (Å²) in [5, 5.41) is 6.87. The minimum atomic E-state index is -0.181. The van der Waals surface area contributed by atoms with Gasteiger partial charge in [0.1, 0.15) is 17.2 Å². The fourth-order valence-corrected chi connectivity index (χ4v) is 4.72. The molecule has 5 rings (SSSR count). The topological polar surface area (TPSA) is 69.7 Å². The SMILES string of the molecule is CC(=Nn1c(-c2ccccc2)csc1=Nc1c(C)n(C)n(-c2ccccc2)c1=O)c1ccc(C)o1. The first-order valence-corrected chi connectivity index (χ1v) is 12.1. The van der Waals surface area contributed by atoms with Gasteiger partial charge in [0, 0.05) is 18.0 Å². The van der Waals surface area contributed by atoms with Crippen LogP contribution in [0.1, 0.15) is 24.1 Å². The van der Waals surface area contributed by atoms with Crippen LogP contribution in [0.4, 0.5) is 5.69 Å². The lowest BCUT2D eigenvalue weighted by Crippen LogP contribution is -2.20. The summed E-state index contributed by atoms with van der Waals surface area (Å²) in [5.74, 6) is 1.51. The summed E-state index contributed by atoms with van der Waals surface area (Å²) in [6.07, 6.45) is 0. The van der Waals surface area contributed by atoms with Crippen molar-refractivity contribution in [1.29, 1.82) is 0 Å². The van der Waals surface area contributed by atoms with Crippen molar-refractivity contribution in [2.24, 2.45) is 17.1 Å². The van der Waals surface area contributed by atoms with Crippen molar-refractivity contribution < 1.29 is 4.42 Å². The zero-order valence-electron chi connectivity index (χ0n) is 20.0. The second-order valence-electron chi connectivity index (χ2n) is 8.20. The summed E-state index contributed by atoms with van der Waals surface area (Å²) in [6.45, 7) is 5.70. The van der Waals surface area contributed by atoms with Gasteiger partial charge in [0.25, 0.3) is 5.56 Å². The highest BCUT2D eigenvalue weighted by Crippen LogP contribution is 2.22. The van der Waals surface area contributed by atoms with Crippen molar-refractivity contribution in [3.63, 3.8) is 0 Å². The maximum absolute atomic E-state index is 13.4. The number of hydrogen-bond donors (Lipinski definition) is 0. The Kier molecular flexibility index (Phi) is 5.96. The minimum Gasteiger partial charge on any atom is -0.460 e. The molecule has 0 aliphatic rings. The quantitative estimate of drug-likeness (QED) is 0.313. The van der Waals surface area contributed by atoms with Gasteiger partial charge in [-0.05, 0) is 45.0 Å². The van der Waals surface area contributed by atoms with Crippen molar-refractivity contribution in [2.45, 2.75) is 20.8 Å². The van der Waals surface area contributed by atoms with Gasteiger partial charge < -0.3 is 4.42 Å². The number of thiazole rings is 1. The molecule has 0 spiro atoms. The number of furan rings is 1. The van der Waals surface area contributed by atoms with E-state index in [-0.39, 0.29) is 5.56 Å². The van der Waals surface area contributed by atoms with Gasteiger partial charge >= 0.3 is 0 Å². The normalized spacial score (nSPS) is 12.5. The van der Waals surface area contributed by atoms with Gasteiger partial charge in [-0.1, -0.05) is 48.5 Å². The molecule has 35 heavy (non-hydrogen) atoms. The van der Waals surface area contributed by atoms with Crippen LogP contribution in [-0.2, 0) is 7.05 Å². The Bertz CT molecular complexity index is 1650. The van der Waals surface area contributed by atoms with Crippen LogP contribution in [0.3, 0.4) is 0 Å². The smallest absolute Gasteiger partial charge is 0.297 e. The van der Waals surface area contributed by atoms with E-state index in [0.29, 0.717) is 22.0 Å².